The van der Waals surface area contributed by atoms with Gasteiger partial charge in [0.2, 0.25) is 0 Å². The van der Waals surface area contributed by atoms with Crippen molar-refractivity contribution in [2.75, 3.05) is 6.61 Å². The number of hydrogen-bond acceptors (Lipinski definition) is 3. The Morgan fingerprint density at radius 1 is 1.04 bits per heavy atom. The lowest BCUT2D eigenvalue weighted by Crippen LogP contribution is -2.41. The molecule has 0 saturated heterocycles. The summed E-state index contributed by atoms with van der Waals surface area (Å²) in [4.78, 5) is 24.3. The molecule has 0 spiro atoms. The number of carbonyl (C=O) groups is 2. The first-order valence-corrected chi connectivity index (χ1v) is 8.77. The van der Waals surface area contributed by atoms with E-state index in [-0.39, 0.29) is 5.91 Å². The highest BCUT2D eigenvalue weighted by Crippen LogP contribution is 2.14. The maximum Gasteiger partial charge on any atom is 0.270 e. The molecule has 0 radical (unpaired) electrons. The van der Waals surface area contributed by atoms with Gasteiger partial charge in [0.1, 0.15) is 5.75 Å². The summed E-state index contributed by atoms with van der Waals surface area (Å²) in [5.41, 5.74) is 5.78. The van der Waals surface area contributed by atoms with E-state index in [0.29, 0.717) is 23.5 Å². The molecule has 0 heterocycles. The zero-order valence-corrected chi connectivity index (χ0v) is 15.5. The molecule has 0 aliphatic carbocycles. The maximum absolute atomic E-state index is 12.2. The summed E-state index contributed by atoms with van der Waals surface area (Å²) in [6, 6.07) is 14.0. The summed E-state index contributed by atoms with van der Waals surface area (Å²) in [6.45, 7) is 2.70. The maximum atomic E-state index is 12.2. The second kappa shape index (κ2) is 9.27. The van der Waals surface area contributed by atoms with Gasteiger partial charge in [-0.15, -0.1) is 0 Å². The van der Waals surface area contributed by atoms with Crippen molar-refractivity contribution in [1.82, 2.24) is 10.9 Å². The Morgan fingerprint density at radius 3 is 2.54 bits per heavy atom. The largest absolute Gasteiger partial charge is 0.494 e. The molecule has 0 saturated carbocycles. The van der Waals surface area contributed by atoms with E-state index in [0.717, 1.165) is 16.4 Å². The van der Waals surface area contributed by atoms with Gasteiger partial charge in [0.05, 0.1) is 12.2 Å². The third kappa shape index (κ3) is 5.23. The number of hydrogen-bond donors (Lipinski definition) is 2. The average Bonchev–Trinajstić information content (AvgIpc) is 2.60. The molecule has 2 aromatic carbocycles. The van der Waals surface area contributed by atoms with Gasteiger partial charge >= 0.3 is 0 Å². The van der Waals surface area contributed by atoms with Crippen LogP contribution in [0.25, 0.3) is 0 Å². The van der Waals surface area contributed by atoms with E-state index in [2.05, 4.69) is 40.4 Å². The molecule has 2 aromatic rings. The first kappa shape index (κ1) is 18.3. The van der Waals surface area contributed by atoms with E-state index < -0.39 is 5.91 Å². The van der Waals surface area contributed by atoms with Crippen molar-refractivity contribution >= 4 is 34.4 Å². The first-order chi connectivity index (χ1) is 11.6. The second-order valence-electron chi connectivity index (χ2n) is 5.12. The number of nitrogens with one attached hydrogen (secondary N) is 2. The molecular weight excluding hydrogens is 419 g/mol. The zero-order valence-electron chi connectivity index (χ0n) is 13.3. The molecule has 2 N–H and O–H groups in total. The molecule has 0 aromatic heterocycles. The third-order valence-corrected chi connectivity index (χ3v) is 4.21. The van der Waals surface area contributed by atoms with Crippen LogP contribution in [-0.4, -0.2) is 18.4 Å². The lowest BCUT2D eigenvalue weighted by molar-refractivity contribution is 0.0846. The van der Waals surface area contributed by atoms with Gasteiger partial charge in [-0.3, -0.25) is 20.4 Å². The van der Waals surface area contributed by atoms with Crippen LogP contribution >= 0.6 is 22.6 Å². The molecule has 0 aliphatic rings. The van der Waals surface area contributed by atoms with Crippen molar-refractivity contribution in [1.29, 1.82) is 0 Å². The van der Waals surface area contributed by atoms with E-state index in [4.69, 9.17) is 4.74 Å². The standard InChI is InChI=1S/C18H19IN2O3/c1-2-3-11-24-14-8-6-7-13(12-14)17(22)20-21-18(23)15-9-4-5-10-16(15)19/h4-10,12H,2-3,11H2,1H3,(H,20,22)(H,21,23). The predicted molar refractivity (Wildman–Crippen MR) is 101 cm³/mol. The number of carbonyl (C=O) groups excluding carboxylic acids is 2. The summed E-state index contributed by atoms with van der Waals surface area (Å²) >= 11 is 2.07. The number of unbranched alkanes of at least 4 members (excludes halogenated alkanes) is 1. The van der Waals surface area contributed by atoms with Crippen LogP contribution in [-0.2, 0) is 0 Å². The minimum atomic E-state index is -0.393. The van der Waals surface area contributed by atoms with Crippen molar-refractivity contribution in [2.24, 2.45) is 0 Å². The Labute approximate surface area is 154 Å². The fraction of sp³-hybridized carbons (Fsp3) is 0.222. The van der Waals surface area contributed by atoms with E-state index in [1.165, 1.54) is 0 Å². The fourth-order valence-corrected chi connectivity index (χ4v) is 2.59. The molecule has 2 rings (SSSR count). The zero-order chi connectivity index (χ0) is 17.4. The first-order valence-electron chi connectivity index (χ1n) is 7.70. The van der Waals surface area contributed by atoms with E-state index in [1.807, 2.05) is 12.1 Å². The van der Waals surface area contributed by atoms with Crippen LogP contribution in [0.2, 0.25) is 0 Å². The number of ether oxygens (including phenoxy) is 1. The molecule has 0 atom stereocenters. The van der Waals surface area contributed by atoms with Gasteiger partial charge in [-0.25, -0.2) is 0 Å². The summed E-state index contributed by atoms with van der Waals surface area (Å²) in [7, 11) is 0. The topological polar surface area (TPSA) is 67.4 Å². The summed E-state index contributed by atoms with van der Waals surface area (Å²) in [6.07, 6.45) is 2.01. The van der Waals surface area contributed by atoms with Crippen LogP contribution in [0.5, 0.6) is 5.75 Å². The number of amides is 2. The minimum absolute atomic E-state index is 0.358. The number of rotatable bonds is 6. The van der Waals surface area contributed by atoms with Crippen LogP contribution < -0.4 is 15.6 Å². The van der Waals surface area contributed by atoms with E-state index in [1.54, 1.807) is 36.4 Å². The van der Waals surface area contributed by atoms with Crippen LogP contribution in [0, 0.1) is 3.57 Å². The van der Waals surface area contributed by atoms with Gasteiger partial charge in [-0.1, -0.05) is 31.5 Å². The van der Waals surface area contributed by atoms with Gasteiger partial charge in [0.25, 0.3) is 11.8 Å². The van der Waals surface area contributed by atoms with Crippen molar-refractivity contribution in [3.63, 3.8) is 0 Å². The van der Waals surface area contributed by atoms with Crippen molar-refractivity contribution in [3.05, 3.63) is 63.2 Å². The molecule has 5 nitrogen and oxygen atoms in total. The lowest BCUT2D eigenvalue weighted by atomic mass is 10.2. The Kier molecular flexibility index (Phi) is 7.05. The Hall–Kier alpha value is -2.09. The fourth-order valence-electron chi connectivity index (χ4n) is 1.96. The summed E-state index contributed by atoms with van der Waals surface area (Å²) in [5.74, 6) is -0.112. The molecule has 24 heavy (non-hydrogen) atoms. The SMILES string of the molecule is CCCCOc1cccc(C(=O)NNC(=O)c2ccccc2I)c1. The molecule has 0 aliphatic heterocycles. The minimum Gasteiger partial charge on any atom is -0.494 e. The summed E-state index contributed by atoms with van der Waals surface area (Å²) < 4.78 is 6.39. The lowest BCUT2D eigenvalue weighted by Gasteiger charge is -2.10. The molecule has 2 amide bonds. The van der Waals surface area contributed by atoms with Gasteiger partial charge in [0, 0.05) is 9.13 Å². The predicted octanol–water partition coefficient (Wildman–Crippen LogP) is 3.54. The van der Waals surface area contributed by atoms with E-state index >= 15 is 0 Å². The van der Waals surface area contributed by atoms with Crippen LogP contribution in [0.1, 0.15) is 40.5 Å². The van der Waals surface area contributed by atoms with Crippen LogP contribution in [0.4, 0.5) is 0 Å². The highest BCUT2D eigenvalue weighted by atomic mass is 127. The van der Waals surface area contributed by atoms with Crippen LogP contribution in [0.3, 0.4) is 0 Å². The normalized spacial score (nSPS) is 10.1. The Morgan fingerprint density at radius 2 is 1.79 bits per heavy atom. The molecule has 0 fully saturated rings. The molecule has 0 bridgehead atoms. The smallest absolute Gasteiger partial charge is 0.270 e. The average molecular weight is 438 g/mol. The number of benzene rings is 2. The van der Waals surface area contributed by atoms with Crippen LogP contribution in [0.15, 0.2) is 48.5 Å². The third-order valence-electron chi connectivity index (χ3n) is 3.27. The summed E-state index contributed by atoms with van der Waals surface area (Å²) in [5, 5.41) is 0. The van der Waals surface area contributed by atoms with Crippen molar-refractivity contribution in [2.45, 2.75) is 19.8 Å². The molecule has 6 heteroatoms. The van der Waals surface area contributed by atoms with Gasteiger partial charge in [-0.05, 0) is 59.3 Å². The quantitative estimate of drug-likeness (QED) is 0.412. The van der Waals surface area contributed by atoms with Gasteiger partial charge in [-0.2, -0.15) is 0 Å². The second-order valence-corrected chi connectivity index (χ2v) is 6.28. The van der Waals surface area contributed by atoms with Crippen molar-refractivity contribution < 1.29 is 14.3 Å². The molecule has 0 unspecified atom stereocenters. The Bertz CT molecular complexity index is 719. The van der Waals surface area contributed by atoms with Gasteiger partial charge in [0.15, 0.2) is 0 Å². The number of halogens is 1. The Balaban J connectivity index is 1.94. The van der Waals surface area contributed by atoms with Crippen molar-refractivity contribution in [3.8, 4) is 5.75 Å². The monoisotopic (exact) mass is 438 g/mol. The highest BCUT2D eigenvalue weighted by Gasteiger charge is 2.11. The number of hydrazine groups is 1. The molecule has 126 valence electrons. The van der Waals surface area contributed by atoms with Gasteiger partial charge < -0.3 is 4.74 Å². The molecular formula is C18H19IN2O3. The van der Waals surface area contributed by atoms with E-state index in [9.17, 15) is 9.59 Å². The highest BCUT2D eigenvalue weighted by molar-refractivity contribution is 14.1.